The zero-order valence-corrected chi connectivity index (χ0v) is 14.9. The Morgan fingerprint density at radius 3 is 2.80 bits per heavy atom. The van der Waals surface area contributed by atoms with Gasteiger partial charge < -0.3 is 19.8 Å². The number of hydrogen-bond donors (Lipinski definition) is 2. The van der Waals surface area contributed by atoms with Crippen LogP contribution in [0.4, 0.5) is 0 Å². The van der Waals surface area contributed by atoms with Crippen LogP contribution in [0, 0.1) is 0 Å². The molecule has 0 bridgehead atoms. The molecule has 0 radical (unpaired) electrons. The average Bonchev–Trinajstić information content (AvgIpc) is 3.22. The molecule has 2 N–H and O–H groups in total. The first-order chi connectivity index (χ1) is 12.2. The lowest BCUT2D eigenvalue weighted by atomic mass is 10.3. The van der Waals surface area contributed by atoms with Crippen LogP contribution in [0.3, 0.4) is 0 Å². The Hall–Kier alpha value is -2.90. The van der Waals surface area contributed by atoms with E-state index in [4.69, 9.17) is 0 Å². The fourth-order valence-corrected chi connectivity index (χ4v) is 2.77. The Morgan fingerprint density at radius 2 is 2.04 bits per heavy atom. The van der Waals surface area contributed by atoms with Gasteiger partial charge in [0.05, 0.1) is 17.6 Å². The van der Waals surface area contributed by atoms with Crippen LogP contribution < -0.4 is 10.6 Å². The summed E-state index contributed by atoms with van der Waals surface area (Å²) in [5, 5.41) is 14.7. The number of aliphatic imine (C=N–C) groups is 1. The highest BCUT2D eigenvalue weighted by molar-refractivity contribution is 5.80. The second-order valence-corrected chi connectivity index (χ2v) is 5.72. The van der Waals surface area contributed by atoms with Gasteiger partial charge in [0, 0.05) is 33.6 Å². The summed E-state index contributed by atoms with van der Waals surface area (Å²) < 4.78 is 4.14. The molecule has 8 heteroatoms. The van der Waals surface area contributed by atoms with Gasteiger partial charge in [-0.1, -0.05) is 19.1 Å². The van der Waals surface area contributed by atoms with Gasteiger partial charge in [-0.25, -0.2) is 4.98 Å². The highest BCUT2D eigenvalue weighted by Gasteiger charge is 2.08. The number of fused-ring (bicyclic) bond motifs is 1. The number of hydrogen-bond acceptors (Lipinski definition) is 4. The van der Waals surface area contributed by atoms with E-state index in [1.807, 2.05) is 29.8 Å². The monoisotopic (exact) mass is 340 g/mol. The Labute approximate surface area is 147 Å². The summed E-state index contributed by atoms with van der Waals surface area (Å²) in [6.07, 6.45) is 2.63. The largest absolute Gasteiger partial charge is 0.355 e. The van der Waals surface area contributed by atoms with Crippen LogP contribution in [0.2, 0.25) is 0 Å². The van der Waals surface area contributed by atoms with Crippen molar-refractivity contribution in [3.05, 3.63) is 42.2 Å². The van der Waals surface area contributed by atoms with E-state index in [-0.39, 0.29) is 0 Å². The van der Waals surface area contributed by atoms with Crippen LogP contribution in [0.25, 0.3) is 11.0 Å². The van der Waals surface area contributed by atoms with Gasteiger partial charge >= 0.3 is 0 Å². The molecule has 0 saturated heterocycles. The zero-order chi connectivity index (χ0) is 17.6. The summed E-state index contributed by atoms with van der Waals surface area (Å²) in [5.74, 6) is 2.71. The summed E-state index contributed by atoms with van der Waals surface area (Å²) in [7, 11) is 3.79. The van der Waals surface area contributed by atoms with Crippen LogP contribution in [0.1, 0.15) is 18.6 Å². The van der Waals surface area contributed by atoms with Gasteiger partial charge in [-0.15, -0.1) is 10.2 Å². The minimum absolute atomic E-state index is 0.609. The van der Waals surface area contributed by atoms with E-state index in [0.717, 1.165) is 48.2 Å². The average molecular weight is 340 g/mol. The number of rotatable bonds is 6. The Kier molecular flexibility index (Phi) is 5.27. The molecule has 0 spiro atoms. The molecule has 0 amide bonds. The summed E-state index contributed by atoms with van der Waals surface area (Å²) in [5.41, 5.74) is 2.13. The van der Waals surface area contributed by atoms with E-state index in [2.05, 4.69) is 48.4 Å². The Morgan fingerprint density at radius 1 is 1.20 bits per heavy atom. The molecule has 1 aromatic carbocycles. The summed E-state index contributed by atoms with van der Waals surface area (Å²) in [4.78, 5) is 8.92. The molecular formula is C17H24N8. The molecule has 8 nitrogen and oxygen atoms in total. The van der Waals surface area contributed by atoms with E-state index < -0.39 is 0 Å². The maximum Gasteiger partial charge on any atom is 0.191 e. The summed E-state index contributed by atoms with van der Waals surface area (Å²) in [6.45, 7) is 4.22. The first kappa shape index (κ1) is 16.9. The van der Waals surface area contributed by atoms with Crippen LogP contribution in [0.15, 0.2) is 35.6 Å². The topological polar surface area (TPSA) is 84.9 Å². The molecule has 132 valence electrons. The van der Waals surface area contributed by atoms with E-state index in [0.29, 0.717) is 6.54 Å². The van der Waals surface area contributed by atoms with Crippen LogP contribution in [-0.2, 0) is 26.6 Å². The molecule has 0 saturated carbocycles. The fourth-order valence-electron chi connectivity index (χ4n) is 2.77. The molecule has 0 fully saturated rings. The van der Waals surface area contributed by atoms with Crippen molar-refractivity contribution in [2.24, 2.45) is 12.0 Å². The van der Waals surface area contributed by atoms with E-state index >= 15 is 0 Å². The molecule has 0 aliphatic carbocycles. The number of benzene rings is 1. The van der Waals surface area contributed by atoms with Crippen LogP contribution >= 0.6 is 0 Å². The third kappa shape index (κ3) is 3.78. The fraction of sp³-hybridized carbons (Fsp3) is 0.412. The van der Waals surface area contributed by atoms with E-state index in [1.54, 1.807) is 13.4 Å². The predicted octanol–water partition coefficient (Wildman–Crippen LogP) is 1.09. The van der Waals surface area contributed by atoms with Crippen molar-refractivity contribution >= 4 is 17.0 Å². The van der Waals surface area contributed by atoms with Gasteiger partial charge in [0.2, 0.25) is 0 Å². The third-order valence-corrected chi connectivity index (χ3v) is 4.17. The maximum absolute atomic E-state index is 4.66. The second-order valence-electron chi connectivity index (χ2n) is 5.72. The van der Waals surface area contributed by atoms with Gasteiger partial charge in [0.15, 0.2) is 5.96 Å². The minimum atomic E-state index is 0.609. The van der Waals surface area contributed by atoms with E-state index in [1.165, 1.54) is 0 Å². The molecule has 0 aliphatic rings. The number of aryl methyl sites for hydroxylation is 2. The lowest BCUT2D eigenvalue weighted by Gasteiger charge is -2.12. The lowest BCUT2D eigenvalue weighted by Crippen LogP contribution is -2.39. The number of nitrogens with zero attached hydrogens (tertiary/aromatic N) is 6. The van der Waals surface area contributed by atoms with Crippen LogP contribution in [0.5, 0.6) is 0 Å². The quantitative estimate of drug-likeness (QED) is 0.518. The van der Waals surface area contributed by atoms with E-state index in [9.17, 15) is 0 Å². The number of para-hydroxylation sites is 2. The molecule has 3 rings (SSSR count). The molecule has 0 aliphatic heterocycles. The molecule has 0 unspecified atom stereocenters. The van der Waals surface area contributed by atoms with Gasteiger partial charge in [-0.05, 0) is 12.1 Å². The first-order valence-electron chi connectivity index (χ1n) is 8.44. The maximum atomic E-state index is 4.66. The van der Waals surface area contributed by atoms with Gasteiger partial charge in [0.1, 0.15) is 18.0 Å². The minimum Gasteiger partial charge on any atom is -0.355 e. The SMILES string of the molecule is CCc1nncn1CCNC(=NC)NCc1nc2ccccc2n1C. The number of aromatic nitrogens is 5. The zero-order valence-electron chi connectivity index (χ0n) is 14.9. The molecule has 3 aromatic rings. The molecule has 2 heterocycles. The van der Waals surface area contributed by atoms with Gasteiger partial charge in [0.25, 0.3) is 0 Å². The van der Waals surface area contributed by atoms with Crippen molar-refractivity contribution < 1.29 is 0 Å². The summed E-state index contributed by atoms with van der Waals surface area (Å²) >= 11 is 0. The highest BCUT2D eigenvalue weighted by atomic mass is 15.3. The second kappa shape index (κ2) is 7.78. The van der Waals surface area contributed by atoms with Gasteiger partial charge in [-0.3, -0.25) is 4.99 Å². The van der Waals surface area contributed by atoms with Crippen molar-refractivity contribution in [2.75, 3.05) is 13.6 Å². The van der Waals surface area contributed by atoms with Crippen LogP contribution in [-0.4, -0.2) is 43.9 Å². The standard InChI is InChI=1S/C17H24N8/c1-4-15-23-21-12-25(15)10-9-19-17(18-2)20-11-16-22-13-7-5-6-8-14(13)24(16)3/h5-8,12H,4,9-11H2,1-3H3,(H2,18,19,20). The molecule has 0 atom stereocenters. The number of guanidine groups is 1. The van der Waals surface area contributed by atoms with Crippen molar-refractivity contribution in [3.8, 4) is 0 Å². The van der Waals surface area contributed by atoms with Crippen molar-refractivity contribution in [1.82, 2.24) is 34.9 Å². The van der Waals surface area contributed by atoms with Crippen molar-refractivity contribution in [1.29, 1.82) is 0 Å². The predicted molar refractivity (Wildman–Crippen MR) is 98.3 cm³/mol. The number of imidazole rings is 1. The molecule has 2 aromatic heterocycles. The van der Waals surface area contributed by atoms with Crippen molar-refractivity contribution in [3.63, 3.8) is 0 Å². The normalized spacial score (nSPS) is 11.9. The molecule has 25 heavy (non-hydrogen) atoms. The lowest BCUT2D eigenvalue weighted by molar-refractivity contribution is 0.630. The highest BCUT2D eigenvalue weighted by Crippen LogP contribution is 2.13. The Balaban J connectivity index is 1.54. The van der Waals surface area contributed by atoms with Crippen molar-refractivity contribution in [2.45, 2.75) is 26.4 Å². The van der Waals surface area contributed by atoms with Gasteiger partial charge in [-0.2, -0.15) is 0 Å². The Bertz CT molecular complexity index is 861. The number of nitrogens with one attached hydrogen (secondary N) is 2. The first-order valence-corrected chi connectivity index (χ1v) is 8.44. The smallest absolute Gasteiger partial charge is 0.191 e. The summed E-state index contributed by atoms with van der Waals surface area (Å²) in [6, 6.07) is 8.12. The molecular weight excluding hydrogens is 316 g/mol. The third-order valence-electron chi connectivity index (χ3n) is 4.17.